The van der Waals surface area contributed by atoms with E-state index >= 15 is 0 Å². The van der Waals surface area contributed by atoms with Gasteiger partial charge in [0.15, 0.2) is 0 Å². The zero-order valence-corrected chi connectivity index (χ0v) is 21.8. The fraction of sp³-hybridized carbons (Fsp3) is 0.300. The summed E-state index contributed by atoms with van der Waals surface area (Å²) in [7, 11) is 0. The van der Waals surface area contributed by atoms with Gasteiger partial charge in [0.2, 0.25) is 5.43 Å². The van der Waals surface area contributed by atoms with Gasteiger partial charge in [0, 0.05) is 29.2 Å². The Balaban J connectivity index is 2.52. The van der Waals surface area contributed by atoms with E-state index in [-0.39, 0.29) is 75.5 Å². The summed E-state index contributed by atoms with van der Waals surface area (Å²) in [5, 5.41) is 53.3. The van der Waals surface area contributed by atoms with Crippen molar-refractivity contribution in [3.05, 3.63) is 80.6 Å². The van der Waals surface area contributed by atoms with Crippen LogP contribution in [0.1, 0.15) is 51.3 Å². The molecule has 0 fully saturated rings. The Morgan fingerprint density at radius 2 is 1.51 bits per heavy atom. The Morgan fingerprint density at radius 1 is 0.919 bits per heavy atom. The van der Waals surface area contributed by atoms with Gasteiger partial charge in [-0.25, -0.2) is 0 Å². The first kappa shape index (κ1) is 27.6. The lowest BCUT2D eigenvalue weighted by Gasteiger charge is -2.19. The summed E-state index contributed by atoms with van der Waals surface area (Å²) in [6.07, 6.45) is 2.80. The highest BCUT2D eigenvalue weighted by atomic mass is 16.3. The number of rotatable bonds is 8. The third-order valence-corrected chi connectivity index (χ3v) is 6.20. The fourth-order valence-corrected chi connectivity index (χ4v) is 4.03. The van der Waals surface area contributed by atoms with Gasteiger partial charge >= 0.3 is 0 Å². The molecule has 0 aliphatic rings. The Hall–Kier alpha value is -3.97. The van der Waals surface area contributed by atoms with Crippen molar-refractivity contribution < 1.29 is 29.9 Å². The summed E-state index contributed by atoms with van der Waals surface area (Å²) in [6.45, 7) is 12.9. The van der Waals surface area contributed by atoms with Crippen LogP contribution in [0.3, 0.4) is 0 Å². The van der Waals surface area contributed by atoms with Crippen molar-refractivity contribution in [3.8, 4) is 34.3 Å². The maximum atomic E-state index is 14.0. The van der Waals surface area contributed by atoms with E-state index in [0.29, 0.717) is 5.57 Å². The van der Waals surface area contributed by atoms with Crippen LogP contribution in [-0.2, 0) is 19.3 Å². The van der Waals surface area contributed by atoms with Crippen LogP contribution >= 0.6 is 0 Å². The first-order valence-corrected chi connectivity index (χ1v) is 12.0. The van der Waals surface area contributed by atoms with Crippen LogP contribution in [0, 0.1) is 0 Å². The van der Waals surface area contributed by atoms with Crippen LogP contribution in [0.4, 0.5) is 0 Å². The van der Waals surface area contributed by atoms with Crippen molar-refractivity contribution in [3.63, 3.8) is 0 Å². The maximum absolute atomic E-state index is 14.0. The van der Waals surface area contributed by atoms with E-state index in [1.807, 2.05) is 39.8 Å². The van der Waals surface area contributed by atoms with Crippen LogP contribution in [0.2, 0.25) is 0 Å². The molecule has 0 saturated heterocycles. The maximum Gasteiger partial charge on any atom is 0.200 e. The van der Waals surface area contributed by atoms with Crippen molar-refractivity contribution >= 4 is 11.0 Å². The molecule has 0 saturated carbocycles. The number of allylic oxidation sites excluding steroid dienone is 4. The Morgan fingerprint density at radius 3 is 2.05 bits per heavy atom. The number of phenolic OH excluding ortho intramolecular Hbond substituents is 4. The first-order valence-electron chi connectivity index (χ1n) is 12.0. The summed E-state index contributed by atoms with van der Waals surface area (Å²) < 4.78 is 6.22. The molecule has 1 atom stereocenters. The van der Waals surface area contributed by atoms with Crippen molar-refractivity contribution in [1.82, 2.24) is 0 Å². The number of fused-ring (bicyclic) bond motifs is 1. The highest BCUT2D eigenvalue weighted by Crippen LogP contribution is 2.43. The van der Waals surface area contributed by atoms with Gasteiger partial charge in [-0.1, -0.05) is 35.5 Å². The quantitative estimate of drug-likeness (QED) is 0.245. The molecule has 0 aliphatic carbocycles. The third kappa shape index (κ3) is 5.73. The molecule has 0 radical (unpaired) electrons. The molecule has 7 nitrogen and oxygen atoms in total. The van der Waals surface area contributed by atoms with Gasteiger partial charge < -0.3 is 29.9 Å². The van der Waals surface area contributed by atoms with Crippen molar-refractivity contribution in [2.75, 3.05) is 0 Å². The van der Waals surface area contributed by atoms with Gasteiger partial charge in [-0.05, 0) is 59.6 Å². The molecular formula is C30H34O7. The number of benzene rings is 2. The standard InChI is InChI=1S/C30H34O7/c1-15(2)7-10-20-26(34)22(14-23(32)17(5)6)30-25(27(20)35)28(36)21(11-8-16(3)4)29(37-30)19-12-9-18(31)13-24(19)33/h7-9,12-13,23,31-35H,5,10-11,14H2,1-4,6H3/t23-/m1/s1. The summed E-state index contributed by atoms with van der Waals surface area (Å²) in [6, 6.07) is 3.91. The van der Waals surface area contributed by atoms with Gasteiger partial charge in [-0.3, -0.25) is 4.79 Å². The van der Waals surface area contributed by atoms with E-state index in [1.54, 1.807) is 6.92 Å². The van der Waals surface area contributed by atoms with Crippen LogP contribution in [0.5, 0.6) is 23.0 Å². The Bertz CT molecular complexity index is 1480. The molecule has 3 rings (SSSR count). The van der Waals surface area contributed by atoms with Crippen molar-refractivity contribution in [2.45, 2.75) is 60.0 Å². The van der Waals surface area contributed by atoms with Gasteiger partial charge in [-0.2, -0.15) is 0 Å². The minimum absolute atomic E-state index is 0.0365. The molecule has 5 N–H and O–H groups in total. The van der Waals surface area contributed by atoms with Crippen LogP contribution in [0.25, 0.3) is 22.3 Å². The second kappa shape index (κ2) is 11.0. The Kier molecular flexibility index (Phi) is 8.18. The molecule has 0 unspecified atom stereocenters. The summed E-state index contributed by atoms with van der Waals surface area (Å²) in [4.78, 5) is 14.0. The highest BCUT2D eigenvalue weighted by molar-refractivity contribution is 5.92. The molecule has 0 aliphatic heterocycles. The zero-order valence-electron chi connectivity index (χ0n) is 21.8. The number of aliphatic hydroxyl groups excluding tert-OH is 1. The minimum Gasteiger partial charge on any atom is -0.508 e. The van der Waals surface area contributed by atoms with E-state index in [4.69, 9.17) is 4.42 Å². The third-order valence-electron chi connectivity index (χ3n) is 6.20. The summed E-state index contributed by atoms with van der Waals surface area (Å²) in [5.74, 6) is -1.12. The molecule has 0 spiro atoms. The topological polar surface area (TPSA) is 131 Å². The second-order valence-electron chi connectivity index (χ2n) is 9.84. The first-order chi connectivity index (χ1) is 17.3. The van der Waals surface area contributed by atoms with Gasteiger partial charge in [0.25, 0.3) is 0 Å². The monoisotopic (exact) mass is 506 g/mol. The average molecular weight is 507 g/mol. The van der Waals surface area contributed by atoms with Gasteiger partial charge in [0.05, 0.1) is 11.7 Å². The predicted octanol–water partition coefficient (Wildman–Crippen LogP) is 5.78. The Labute approximate surface area is 216 Å². The summed E-state index contributed by atoms with van der Waals surface area (Å²) >= 11 is 0. The fourth-order valence-electron chi connectivity index (χ4n) is 4.03. The van der Waals surface area contributed by atoms with Gasteiger partial charge in [-0.15, -0.1) is 0 Å². The second-order valence-corrected chi connectivity index (χ2v) is 9.84. The molecule has 7 heteroatoms. The van der Waals surface area contributed by atoms with Crippen LogP contribution in [0.15, 0.2) is 62.9 Å². The normalized spacial score (nSPS) is 11.8. The van der Waals surface area contributed by atoms with Crippen LogP contribution < -0.4 is 5.43 Å². The number of aliphatic hydroxyl groups is 1. The SMILES string of the molecule is C=C(C)[C@H](O)Cc1c(O)c(CC=C(C)C)c(O)c2c(=O)c(CC=C(C)C)c(-c3ccc(O)cc3O)oc12. The highest BCUT2D eigenvalue weighted by Gasteiger charge is 2.28. The average Bonchev–Trinajstić information content (AvgIpc) is 2.80. The molecule has 1 heterocycles. The van der Waals surface area contributed by atoms with E-state index in [0.717, 1.165) is 17.2 Å². The lowest BCUT2D eigenvalue weighted by atomic mass is 9.92. The van der Waals surface area contributed by atoms with Crippen LogP contribution in [-0.4, -0.2) is 31.6 Å². The predicted molar refractivity (Wildman–Crippen MR) is 145 cm³/mol. The zero-order chi connectivity index (χ0) is 27.6. The minimum atomic E-state index is -1.05. The lowest BCUT2D eigenvalue weighted by molar-refractivity contribution is 0.210. The van der Waals surface area contributed by atoms with Crippen molar-refractivity contribution in [1.29, 1.82) is 0 Å². The molecule has 37 heavy (non-hydrogen) atoms. The number of phenols is 4. The number of hydrogen-bond acceptors (Lipinski definition) is 7. The smallest absolute Gasteiger partial charge is 0.200 e. The number of hydrogen-bond donors (Lipinski definition) is 5. The molecule has 196 valence electrons. The lowest BCUT2D eigenvalue weighted by Crippen LogP contribution is -2.16. The van der Waals surface area contributed by atoms with E-state index < -0.39 is 17.3 Å². The van der Waals surface area contributed by atoms with E-state index in [1.165, 1.54) is 12.1 Å². The molecule has 1 aromatic heterocycles. The number of aromatic hydroxyl groups is 4. The largest absolute Gasteiger partial charge is 0.508 e. The molecular weight excluding hydrogens is 472 g/mol. The van der Waals surface area contributed by atoms with Gasteiger partial charge in [0.1, 0.15) is 39.7 Å². The van der Waals surface area contributed by atoms with E-state index in [2.05, 4.69) is 6.58 Å². The molecule has 0 amide bonds. The molecule has 0 bridgehead atoms. The van der Waals surface area contributed by atoms with E-state index in [9.17, 15) is 30.3 Å². The van der Waals surface area contributed by atoms with Crippen molar-refractivity contribution in [2.24, 2.45) is 0 Å². The molecule has 2 aromatic carbocycles. The summed E-state index contributed by atoms with van der Waals surface area (Å²) in [5.41, 5.74) is 2.38. The molecule has 3 aromatic rings.